The van der Waals surface area contributed by atoms with Gasteiger partial charge in [-0.2, -0.15) is 0 Å². The van der Waals surface area contributed by atoms with Crippen molar-refractivity contribution < 1.29 is 4.79 Å². The van der Waals surface area contributed by atoms with Gasteiger partial charge in [-0.25, -0.2) is 9.97 Å². The molecule has 0 spiro atoms. The van der Waals surface area contributed by atoms with Crippen LogP contribution in [0.1, 0.15) is 12.6 Å². The van der Waals surface area contributed by atoms with Crippen molar-refractivity contribution in [2.24, 2.45) is 5.92 Å². The second-order valence-corrected chi connectivity index (χ2v) is 4.37. The maximum absolute atomic E-state index is 11.4. The van der Waals surface area contributed by atoms with Crippen LogP contribution in [0.5, 0.6) is 0 Å². The molecule has 1 heterocycles. The molecule has 1 unspecified atom stereocenters. The molecule has 17 heavy (non-hydrogen) atoms. The number of nitrogens with one attached hydrogen (secondary N) is 1. The average molecular weight is 257 g/mol. The maximum atomic E-state index is 11.4. The fourth-order valence-corrected chi connectivity index (χ4v) is 1.77. The van der Waals surface area contributed by atoms with Gasteiger partial charge in [0, 0.05) is 32.4 Å². The Morgan fingerprint density at radius 1 is 1.59 bits per heavy atom. The summed E-state index contributed by atoms with van der Waals surface area (Å²) in [6, 6.07) is 1.84. The van der Waals surface area contributed by atoms with Gasteiger partial charge in [-0.05, 0) is 18.5 Å². The van der Waals surface area contributed by atoms with Crippen molar-refractivity contribution in [1.29, 1.82) is 0 Å². The Balaban J connectivity index is 2.75. The Morgan fingerprint density at radius 2 is 2.24 bits per heavy atom. The molecule has 1 aromatic heterocycles. The van der Waals surface area contributed by atoms with Crippen LogP contribution in [0.2, 0.25) is 5.28 Å². The highest BCUT2D eigenvalue weighted by Gasteiger charge is 2.15. The van der Waals surface area contributed by atoms with E-state index in [9.17, 15) is 4.79 Å². The third-order valence-corrected chi connectivity index (χ3v) is 2.62. The van der Waals surface area contributed by atoms with Crippen LogP contribution in [0.3, 0.4) is 0 Å². The Kier molecular flexibility index (Phi) is 4.69. The average Bonchev–Trinajstić information content (AvgIpc) is 2.26. The van der Waals surface area contributed by atoms with Crippen LogP contribution in [-0.2, 0) is 4.79 Å². The number of rotatable bonds is 4. The van der Waals surface area contributed by atoms with Gasteiger partial charge < -0.3 is 10.2 Å². The van der Waals surface area contributed by atoms with E-state index >= 15 is 0 Å². The van der Waals surface area contributed by atoms with Crippen molar-refractivity contribution in [2.75, 3.05) is 25.5 Å². The molecule has 1 aromatic rings. The molecule has 0 aliphatic rings. The summed E-state index contributed by atoms with van der Waals surface area (Å²) in [5.41, 5.74) is 0.805. The summed E-state index contributed by atoms with van der Waals surface area (Å²) in [6.07, 6.45) is 0. The monoisotopic (exact) mass is 256 g/mol. The quantitative estimate of drug-likeness (QED) is 0.824. The number of carbonyl (C=O) groups excluding carboxylic acids is 1. The highest BCUT2D eigenvalue weighted by molar-refractivity contribution is 6.28. The van der Waals surface area contributed by atoms with Gasteiger partial charge in [0.2, 0.25) is 11.2 Å². The van der Waals surface area contributed by atoms with Gasteiger partial charge in [-0.1, -0.05) is 6.92 Å². The van der Waals surface area contributed by atoms with Gasteiger partial charge in [0.05, 0.1) is 5.92 Å². The molecule has 0 saturated heterocycles. The van der Waals surface area contributed by atoms with Crippen molar-refractivity contribution in [3.05, 3.63) is 17.0 Å². The van der Waals surface area contributed by atoms with Crippen LogP contribution in [-0.4, -0.2) is 36.5 Å². The van der Waals surface area contributed by atoms with Crippen molar-refractivity contribution in [3.8, 4) is 0 Å². The summed E-state index contributed by atoms with van der Waals surface area (Å²) in [7, 11) is 3.50. The first-order chi connectivity index (χ1) is 7.93. The van der Waals surface area contributed by atoms with Crippen molar-refractivity contribution in [1.82, 2.24) is 15.3 Å². The molecule has 1 atom stereocenters. The predicted octanol–water partition coefficient (Wildman–Crippen LogP) is 1.26. The first-order valence-electron chi connectivity index (χ1n) is 5.38. The van der Waals surface area contributed by atoms with Gasteiger partial charge in [0.25, 0.3) is 0 Å². The minimum Gasteiger partial charge on any atom is -0.359 e. The number of hydrogen-bond acceptors (Lipinski definition) is 4. The highest BCUT2D eigenvalue weighted by atomic mass is 35.5. The Labute approximate surface area is 106 Å². The number of amides is 1. The topological polar surface area (TPSA) is 58.1 Å². The third-order valence-electron chi connectivity index (χ3n) is 2.45. The molecule has 0 aromatic carbocycles. The van der Waals surface area contributed by atoms with Crippen molar-refractivity contribution in [3.63, 3.8) is 0 Å². The largest absolute Gasteiger partial charge is 0.359 e. The number of hydrogen-bond donors (Lipinski definition) is 1. The van der Waals surface area contributed by atoms with Gasteiger partial charge in [0.15, 0.2) is 0 Å². The number of halogens is 1. The van der Waals surface area contributed by atoms with E-state index in [1.807, 2.05) is 31.9 Å². The van der Waals surface area contributed by atoms with Gasteiger partial charge >= 0.3 is 0 Å². The number of carbonyl (C=O) groups is 1. The molecule has 94 valence electrons. The zero-order valence-corrected chi connectivity index (χ0v) is 11.2. The van der Waals surface area contributed by atoms with E-state index < -0.39 is 0 Å². The SMILES string of the molecule is CNC(=O)C(C)CN(C)c1cc(C)nc(Cl)n1. The predicted molar refractivity (Wildman–Crippen MR) is 68.3 cm³/mol. The van der Waals surface area contributed by atoms with Gasteiger partial charge in [-0.15, -0.1) is 0 Å². The second-order valence-electron chi connectivity index (χ2n) is 4.03. The molecule has 1 N–H and O–H groups in total. The van der Waals surface area contributed by atoms with Crippen LogP contribution >= 0.6 is 11.6 Å². The minimum absolute atomic E-state index is 0.00808. The van der Waals surface area contributed by atoms with E-state index in [1.54, 1.807) is 7.05 Å². The van der Waals surface area contributed by atoms with Gasteiger partial charge in [-0.3, -0.25) is 4.79 Å². The number of aromatic nitrogens is 2. The zero-order chi connectivity index (χ0) is 13.0. The molecule has 0 bridgehead atoms. The summed E-state index contributed by atoms with van der Waals surface area (Å²) in [5.74, 6) is 0.617. The number of aryl methyl sites for hydroxylation is 1. The Bertz CT molecular complexity index is 390. The fraction of sp³-hybridized carbons (Fsp3) is 0.545. The number of anilines is 1. The molecule has 6 heteroatoms. The molecule has 1 rings (SSSR count). The molecule has 0 radical (unpaired) electrons. The standard InChI is InChI=1S/C11H17ClN4O/c1-7(10(17)13-3)6-16(4)9-5-8(2)14-11(12)15-9/h5,7H,6H2,1-4H3,(H,13,17). The van der Waals surface area contributed by atoms with E-state index in [-0.39, 0.29) is 17.1 Å². The summed E-state index contributed by atoms with van der Waals surface area (Å²) in [6.45, 7) is 4.30. The van der Waals surface area contributed by atoms with Crippen LogP contribution in [0, 0.1) is 12.8 Å². The first kappa shape index (κ1) is 13.7. The van der Waals surface area contributed by atoms with E-state index in [0.29, 0.717) is 6.54 Å². The molecule has 0 aliphatic heterocycles. The lowest BCUT2D eigenvalue weighted by Crippen LogP contribution is -2.34. The van der Waals surface area contributed by atoms with Crippen molar-refractivity contribution >= 4 is 23.3 Å². The summed E-state index contributed by atoms with van der Waals surface area (Å²) >= 11 is 5.79. The van der Waals surface area contributed by atoms with Crippen LogP contribution in [0.15, 0.2) is 6.07 Å². The summed E-state index contributed by atoms with van der Waals surface area (Å²) in [5, 5.41) is 2.84. The smallest absolute Gasteiger partial charge is 0.224 e. The molecule has 1 amide bonds. The van der Waals surface area contributed by atoms with Crippen LogP contribution < -0.4 is 10.2 Å². The van der Waals surface area contributed by atoms with Gasteiger partial charge in [0.1, 0.15) is 5.82 Å². The number of nitrogens with zero attached hydrogens (tertiary/aromatic N) is 3. The molecule has 0 aliphatic carbocycles. The molecular formula is C11H17ClN4O. The Morgan fingerprint density at radius 3 is 2.76 bits per heavy atom. The lowest BCUT2D eigenvalue weighted by Gasteiger charge is -2.21. The molecule has 0 fully saturated rings. The summed E-state index contributed by atoms with van der Waals surface area (Å²) in [4.78, 5) is 21.4. The molecule has 5 nitrogen and oxygen atoms in total. The zero-order valence-electron chi connectivity index (χ0n) is 10.5. The summed E-state index contributed by atoms with van der Waals surface area (Å²) < 4.78 is 0. The lowest BCUT2D eigenvalue weighted by molar-refractivity contribution is -0.123. The minimum atomic E-state index is -0.112. The second kappa shape index (κ2) is 5.82. The fourth-order valence-electron chi connectivity index (χ4n) is 1.55. The van der Waals surface area contributed by atoms with Crippen LogP contribution in [0.25, 0.3) is 0 Å². The Hall–Kier alpha value is -1.36. The lowest BCUT2D eigenvalue weighted by atomic mass is 10.1. The highest BCUT2D eigenvalue weighted by Crippen LogP contribution is 2.14. The van der Waals surface area contributed by atoms with E-state index in [0.717, 1.165) is 11.5 Å². The van der Waals surface area contributed by atoms with E-state index in [4.69, 9.17) is 11.6 Å². The van der Waals surface area contributed by atoms with E-state index in [2.05, 4.69) is 15.3 Å². The van der Waals surface area contributed by atoms with E-state index in [1.165, 1.54) is 0 Å². The third kappa shape index (κ3) is 3.85. The van der Waals surface area contributed by atoms with Crippen LogP contribution in [0.4, 0.5) is 5.82 Å². The normalized spacial score (nSPS) is 12.1. The molecular weight excluding hydrogens is 240 g/mol. The van der Waals surface area contributed by atoms with Crippen molar-refractivity contribution in [2.45, 2.75) is 13.8 Å². The molecule has 0 saturated carbocycles. The first-order valence-corrected chi connectivity index (χ1v) is 5.75. The maximum Gasteiger partial charge on any atom is 0.224 e.